The van der Waals surface area contributed by atoms with E-state index in [1.165, 1.54) is 0 Å². The second-order valence-corrected chi connectivity index (χ2v) is 4.65. The lowest BCUT2D eigenvalue weighted by molar-refractivity contribution is 0.324. The third-order valence-corrected chi connectivity index (χ3v) is 3.44. The van der Waals surface area contributed by atoms with Gasteiger partial charge in [0.1, 0.15) is 0 Å². The Kier molecular flexibility index (Phi) is 4.57. The predicted molar refractivity (Wildman–Crippen MR) is 81.4 cm³/mol. The highest BCUT2D eigenvalue weighted by molar-refractivity contribution is 5.55. The summed E-state index contributed by atoms with van der Waals surface area (Å²) in [5.74, 6) is 1.90. The van der Waals surface area contributed by atoms with Gasteiger partial charge in [0.25, 0.3) is 0 Å². The van der Waals surface area contributed by atoms with E-state index in [1.54, 1.807) is 21.3 Å². The van der Waals surface area contributed by atoms with Gasteiger partial charge in [-0.1, -0.05) is 0 Å². The van der Waals surface area contributed by atoms with Crippen molar-refractivity contribution in [3.05, 3.63) is 29.6 Å². The minimum Gasteiger partial charge on any atom is -0.493 e. The van der Waals surface area contributed by atoms with E-state index < -0.39 is 0 Å². The minimum absolute atomic E-state index is 0.598. The average Bonchev–Trinajstić information content (AvgIpc) is 2.83. The monoisotopic (exact) mass is 291 g/mol. The molecule has 2 rings (SSSR count). The molecule has 0 aliphatic rings. The van der Waals surface area contributed by atoms with Crippen LogP contribution in [-0.4, -0.2) is 31.1 Å². The first-order valence-corrected chi connectivity index (χ1v) is 6.62. The molecule has 0 atom stereocenters. The highest BCUT2D eigenvalue weighted by Gasteiger charge is 2.13. The fourth-order valence-electron chi connectivity index (χ4n) is 2.11. The minimum atomic E-state index is 0.598. The van der Waals surface area contributed by atoms with Gasteiger partial charge in [0.2, 0.25) is 5.75 Å². The summed E-state index contributed by atoms with van der Waals surface area (Å²) in [6.07, 6.45) is 1.81. The Balaban J connectivity index is 2.22. The van der Waals surface area contributed by atoms with Gasteiger partial charge in [-0.05, 0) is 24.6 Å². The van der Waals surface area contributed by atoms with E-state index in [2.05, 4.69) is 10.4 Å². The zero-order chi connectivity index (χ0) is 15.4. The van der Waals surface area contributed by atoms with Gasteiger partial charge in [0.05, 0.1) is 38.9 Å². The summed E-state index contributed by atoms with van der Waals surface area (Å²) in [4.78, 5) is 0. The number of hydrogen-bond acceptors (Lipinski definition) is 5. The first kappa shape index (κ1) is 15.0. The van der Waals surface area contributed by atoms with Crippen LogP contribution in [0.2, 0.25) is 0 Å². The molecule has 0 bridgehead atoms. The fourth-order valence-corrected chi connectivity index (χ4v) is 2.11. The van der Waals surface area contributed by atoms with Crippen molar-refractivity contribution in [2.24, 2.45) is 7.05 Å². The van der Waals surface area contributed by atoms with Crippen LogP contribution < -0.4 is 19.5 Å². The molecule has 6 nitrogen and oxygen atoms in total. The third kappa shape index (κ3) is 3.04. The average molecular weight is 291 g/mol. The molecule has 0 radical (unpaired) electrons. The highest BCUT2D eigenvalue weighted by atomic mass is 16.5. The molecule has 21 heavy (non-hydrogen) atoms. The summed E-state index contributed by atoms with van der Waals surface area (Å²) >= 11 is 0. The van der Waals surface area contributed by atoms with Crippen molar-refractivity contribution in [1.29, 1.82) is 0 Å². The molecule has 1 aromatic heterocycles. The van der Waals surface area contributed by atoms with Crippen LogP contribution in [0.25, 0.3) is 0 Å². The van der Waals surface area contributed by atoms with Crippen LogP contribution in [0.4, 0.5) is 5.69 Å². The van der Waals surface area contributed by atoms with Crippen molar-refractivity contribution in [2.45, 2.75) is 13.5 Å². The lowest BCUT2D eigenvalue weighted by Crippen LogP contribution is -2.03. The lowest BCUT2D eigenvalue weighted by Gasteiger charge is -2.14. The molecule has 6 heteroatoms. The number of nitrogens with one attached hydrogen (secondary N) is 1. The molecule has 114 valence electrons. The highest BCUT2D eigenvalue weighted by Crippen LogP contribution is 2.38. The number of anilines is 1. The topological polar surface area (TPSA) is 57.5 Å². The van der Waals surface area contributed by atoms with Crippen LogP contribution >= 0.6 is 0 Å². The van der Waals surface area contributed by atoms with E-state index in [0.29, 0.717) is 23.8 Å². The summed E-state index contributed by atoms with van der Waals surface area (Å²) in [7, 11) is 6.73. The first-order chi connectivity index (χ1) is 10.1. The molecule has 2 aromatic rings. The maximum absolute atomic E-state index is 5.35. The van der Waals surface area contributed by atoms with Crippen molar-refractivity contribution < 1.29 is 14.2 Å². The Morgan fingerprint density at radius 1 is 1.10 bits per heavy atom. The second kappa shape index (κ2) is 6.39. The van der Waals surface area contributed by atoms with Gasteiger partial charge in [0.15, 0.2) is 11.5 Å². The summed E-state index contributed by atoms with van der Waals surface area (Å²) in [5.41, 5.74) is 3.13. The number of ether oxygens (including phenoxy) is 3. The molecule has 0 saturated carbocycles. The lowest BCUT2D eigenvalue weighted by atomic mass is 10.1. The van der Waals surface area contributed by atoms with Gasteiger partial charge in [-0.15, -0.1) is 0 Å². The summed E-state index contributed by atoms with van der Waals surface area (Å²) < 4.78 is 17.8. The fraction of sp³-hybridized carbons (Fsp3) is 0.400. The van der Waals surface area contributed by atoms with E-state index in [0.717, 1.165) is 16.9 Å². The molecule has 0 aliphatic carbocycles. The van der Waals surface area contributed by atoms with Crippen molar-refractivity contribution in [3.8, 4) is 17.2 Å². The van der Waals surface area contributed by atoms with E-state index in [-0.39, 0.29) is 0 Å². The molecule has 1 heterocycles. The Labute approximate surface area is 124 Å². The molecule has 0 fully saturated rings. The number of benzene rings is 1. The summed E-state index contributed by atoms with van der Waals surface area (Å²) in [6, 6.07) is 3.86. The van der Waals surface area contributed by atoms with Crippen LogP contribution in [0.1, 0.15) is 11.3 Å². The number of aryl methyl sites for hydroxylation is 1. The van der Waals surface area contributed by atoms with Gasteiger partial charge in [-0.2, -0.15) is 5.10 Å². The van der Waals surface area contributed by atoms with Gasteiger partial charge < -0.3 is 19.5 Å². The Hall–Kier alpha value is -2.37. The second-order valence-electron chi connectivity index (χ2n) is 4.65. The van der Waals surface area contributed by atoms with Gasteiger partial charge in [0, 0.05) is 13.6 Å². The van der Waals surface area contributed by atoms with Crippen LogP contribution in [0.15, 0.2) is 18.3 Å². The maximum Gasteiger partial charge on any atom is 0.203 e. The molecule has 0 spiro atoms. The van der Waals surface area contributed by atoms with E-state index in [1.807, 2.05) is 37.0 Å². The number of rotatable bonds is 6. The number of aromatic nitrogens is 2. The number of methoxy groups -OCH3 is 3. The molecule has 0 amide bonds. The zero-order valence-electron chi connectivity index (χ0n) is 13.1. The zero-order valence-corrected chi connectivity index (χ0v) is 13.1. The third-order valence-electron chi connectivity index (χ3n) is 3.44. The standard InChI is InChI=1S/C15H21N3O3/c1-10-12(9-17-18(10)2)16-8-11-6-13(19-3)15(21-5)14(7-11)20-4/h6-7,9,16H,8H2,1-5H3. The molecule has 1 aromatic carbocycles. The largest absolute Gasteiger partial charge is 0.493 e. The van der Waals surface area contributed by atoms with Gasteiger partial charge >= 0.3 is 0 Å². The summed E-state index contributed by atoms with van der Waals surface area (Å²) in [6.45, 7) is 2.66. The van der Waals surface area contributed by atoms with Crippen LogP contribution in [-0.2, 0) is 13.6 Å². The summed E-state index contributed by atoms with van der Waals surface area (Å²) in [5, 5.41) is 7.56. The maximum atomic E-state index is 5.35. The first-order valence-electron chi connectivity index (χ1n) is 6.62. The van der Waals surface area contributed by atoms with Crippen molar-refractivity contribution in [2.75, 3.05) is 26.6 Å². The van der Waals surface area contributed by atoms with Crippen molar-refractivity contribution in [3.63, 3.8) is 0 Å². The molecule has 0 unspecified atom stereocenters. The Morgan fingerprint density at radius 3 is 2.14 bits per heavy atom. The normalized spacial score (nSPS) is 10.3. The van der Waals surface area contributed by atoms with E-state index in [9.17, 15) is 0 Å². The number of hydrogen-bond donors (Lipinski definition) is 1. The van der Waals surface area contributed by atoms with Gasteiger partial charge in [-0.25, -0.2) is 0 Å². The molecule has 0 aliphatic heterocycles. The molecular formula is C15H21N3O3. The predicted octanol–water partition coefficient (Wildman–Crippen LogP) is 2.37. The molecule has 0 saturated heterocycles. The van der Waals surface area contributed by atoms with Crippen molar-refractivity contribution in [1.82, 2.24) is 9.78 Å². The van der Waals surface area contributed by atoms with Crippen molar-refractivity contribution >= 4 is 5.69 Å². The molecule has 1 N–H and O–H groups in total. The van der Waals surface area contributed by atoms with Crippen LogP contribution in [0, 0.1) is 6.92 Å². The molecular weight excluding hydrogens is 270 g/mol. The number of nitrogens with zero attached hydrogens (tertiary/aromatic N) is 2. The quantitative estimate of drug-likeness (QED) is 0.885. The van der Waals surface area contributed by atoms with Crippen LogP contribution in [0.3, 0.4) is 0 Å². The van der Waals surface area contributed by atoms with Gasteiger partial charge in [-0.3, -0.25) is 4.68 Å². The Bertz CT molecular complexity index is 598. The van der Waals surface area contributed by atoms with E-state index >= 15 is 0 Å². The SMILES string of the molecule is COc1cc(CNc2cnn(C)c2C)cc(OC)c1OC. The van der Waals surface area contributed by atoms with Crippen LogP contribution in [0.5, 0.6) is 17.2 Å². The van der Waals surface area contributed by atoms with E-state index in [4.69, 9.17) is 14.2 Å². The Morgan fingerprint density at radius 2 is 1.71 bits per heavy atom. The smallest absolute Gasteiger partial charge is 0.203 e.